The highest BCUT2D eigenvalue weighted by Gasteiger charge is 2.12. The van der Waals surface area contributed by atoms with E-state index in [9.17, 15) is 0 Å². The quantitative estimate of drug-likeness (QED) is 0.603. The highest BCUT2D eigenvalue weighted by atomic mass is 32.2. The van der Waals surface area contributed by atoms with Gasteiger partial charge in [-0.05, 0) is 26.0 Å². The lowest BCUT2D eigenvalue weighted by Gasteiger charge is -2.07. The minimum atomic E-state index is 0.0525. The van der Waals surface area contributed by atoms with Crippen molar-refractivity contribution in [3.05, 3.63) is 52.7 Å². The summed E-state index contributed by atoms with van der Waals surface area (Å²) in [7, 11) is 0. The highest BCUT2D eigenvalue weighted by Crippen LogP contribution is 2.26. The molecule has 2 heterocycles. The molecule has 0 N–H and O–H groups in total. The number of ether oxygens (including phenoxy) is 1. The molecule has 0 saturated heterocycles. The van der Waals surface area contributed by atoms with E-state index < -0.39 is 0 Å². The van der Waals surface area contributed by atoms with Gasteiger partial charge < -0.3 is 4.74 Å². The van der Waals surface area contributed by atoms with Crippen LogP contribution in [0, 0.1) is 0 Å². The smallest absolute Gasteiger partial charge is 0.195 e. The molecule has 1 unspecified atom stereocenters. The van der Waals surface area contributed by atoms with Gasteiger partial charge in [0.05, 0.1) is 5.69 Å². The van der Waals surface area contributed by atoms with Crippen LogP contribution in [0.5, 0.6) is 0 Å². The molecule has 0 spiro atoms. The molecule has 0 aliphatic heterocycles. The molecule has 0 saturated carbocycles. The van der Waals surface area contributed by atoms with Crippen LogP contribution in [0.4, 0.5) is 0 Å². The first-order valence-electron chi connectivity index (χ1n) is 7.42. The van der Waals surface area contributed by atoms with E-state index in [4.69, 9.17) is 4.74 Å². The molecule has 2 aromatic heterocycles. The number of thiazole rings is 1. The van der Waals surface area contributed by atoms with Crippen molar-refractivity contribution in [2.45, 2.75) is 30.9 Å². The van der Waals surface area contributed by atoms with Crippen LogP contribution >= 0.6 is 23.1 Å². The SMILES string of the molecule is CCOC(C)c1nc(CSc2nncn2-c2ccccc2)cs1. The van der Waals surface area contributed by atoms with Crippen LogP contribution in [-0.2, 0) is 10.5 Å². The van der Waals surface area contributed by atoms with Gasteiger partial charge in [0.25, 0.3) is 0 Å². The third-order valence-electron chi connectivity index (χ3n) is 3.23. The summed E-state index contributed by atoms with van der Waals surface area (Å²) in [6, 6.07) is 10.1. The molecule has 1 atom stereocenters. The summed E-state index contributed by atoms with van der Waals surface area (Å²) in [5, 5.41) is 12.2. The molecule has 1 aromatic carbocycles. The summed E-state index contributed by atoms with van der Waals surface area (Å²) >= 11 is 3.28. The Morgan fingerprint density at radius 1 is 1.30 bits per heavy atom. The number of aromatic nitrogens is 4. The number of nitrogens with zero attached hydrogens (tertiary/aromatic N) is 4. The Bertz CT molecular complexity index is 741. The van der Waals surface area contributed by atoms with Crippen molar-refractivity contribution in [3.63, 3.8) is 0 Å². The zero-order chi connectivity index (χ0) is 16.1. The minimum Gasteiger partial charge on any atom is -0.372 e. The molecule has 23 heavy (non-hydrogen) atoms. The molecule has 0 bridgehead atoms. The lowest BCUT2D eigenvalue weighted by Crippen LogP contribution is -1.99. The molecule has 3 rings (SSSR count). The molecule has 7 heteroatoms. The normalized spacial score (nSPS) is 12.4. The van der Waals surface area contributed by atoms with Crippen molar-refractivity contribution < 1.29 is 4.74 Å². The molecular formula is C16H18N4OS2. The summed E-state index contributed by atoms with van der Waals surface area (Å²) in [6.07, 6.45) is 1.79. The second kappa shape index (κ2) is 7.72. The standard InChI is InChI=1S/C16H18N4OS2/c1-3-21-12(2)15-18-13(9-22-15)10-23-16-19-17-11-20(16)14-7-5-4-6-8-14/h4-9,11-12H,3,10H2,1-2H3. The van der Waals surface area contributed by atoms with Gasteiger partial charge in [0.1, 0.15) is 17.4 Å². The van der Waals surface area contributed by atoms with Crippen molar-refractivity contribution in [2.24, 2.45) is 0 Å². The first-order valence-corrected chi connectivity index (χ1v) is 9.28. The third kappa shape index (κ3) is 3.99. The first-order chi connectivity index (χ1) is 11.3. The zero-order valence-corrected chi connectivity index (χ0v) is 14.7. The van der Waals surface area contributed by atoms with E-state index in [0.29, 0.717) is 6.61 Å². The van der Waals surface area contributed by atoms with Gasteiger partial charge in [-0.25, -0.2) is 4.98 Å². The van der Waals surface area contributed by atoms with Crippen LogP contribution in [0.2, 0.25) is 0 Å². The molecule has 5 nitrogen and oxygen atoms in total. The monoisotopic (exact) mass is 346 g/mol. The van der Waals surface area contributed by atoms with E-state index in [-0.39, 0.29) is 6.10 Å². The summed E-state index contributed by atoms with van der Waals surface area (Å²) in [6.45, 7) is 4.73. The van der Waals surface area contributed by atoms with E-state index in [1.165, 1.54) is 0 Å². The second-order valence-corrected chi connectivity index (χ2v) is 6.71. The van der Waals surface area contributed by atoms with Crippen LogP contribution < -0.4 is 0 Å². The average Bonchev–Trinajstić information content (AvgIpc) is 3.23. The predicted octanol–water partition coefficient (Wildman–Crippen LogP) is 4.11. The summed E-state index contributed by atoms with van der Waals surface area (Å²) < 4.78 is 7.57. The maximum Gasteiger partial charge on any atom is 0.195 e. The predicted molar refractivity (Wildman–Crippen MR) is 93.1 cm³/mol. The number of hydrogen-bond donors (Lipinski definition) is 0. The molecule has 3 aromatic rings. The topological polar surface area (TPSA) is 52.8 Å². The van der Waals surface area contributed by atoms with Crippen LogP contribution in [0.1, 0.15) is 30.7 Å². The first kappa shape index (κ1) is 16.2. The van der Waals surface area contributed by atoms with Crippen LogP contribution in [0.15, 0.2) is 47.2 Å². The van der Waals surface area contributed by atoms with Crippen molar-refractivity contribution in [1.82, 2.24) is 19.7 Å². The van der Waals surface area contributed by atoms with E-state index >= 15 is 0 Å². The Kier molecular flexibility index (Phi) is 5.43. The molecule has 0 amide bonds. The third-order valence-corrected chi connectivity index (χ3v) is 5.27. The van der Waals surface area contributed by atoms with Gasteiger partial charge in [-0.3, -0.25) is 4.57 Å². The second-order valence-electron chi connectivity index (χ2n) is 4.88. The summed E-state index contributed by atoms with van der Waals surface area (Å²) in [5.41, 5.74) is 2.10. The Morgan fingerprint density at radius 3 is 2.91 bits per heavy atom. The highest BCUT2D eigenvalue weighted by molar-refractivity contribution is 7.98. The molecule has 0 aliphatic rings. The lowest BCUT2D eigenvalue weighted by molar-refractivity contribution is 0.0761. The van der Waals surface area contributed by atoms with E-state index in [0.717, 1.165) is 27.3 Å². The molecule has 120 valence electrons. The van der Waals surface area contributed by atoms with Crippen LogP contribution in [0.25, 0.3) is 5.69 Å². The van der Waals surface area contributed by atoms with Crippen LogP contribution in [-0.4, -0.2) is 26.4 Å². The minimum absolute atomic E-state index is 0.0525. The molecule has 0 fully saturated rings. The summed E-state index contributed by atoms with van der Waals surface area (Å²) in [4.78, 5) is 4.65. The lowest BCUT2D eigenvalue weighted by atomic mass is 10.3. The Morgan fingerprint density at radius 2 is 2.13 bits per heavy atom. The van der Waals surface area contributed by atoms with Crippen molar-refractivity contribution >= 4 is 23.1 Å². The summed E-state index contributed by atoms with van der Waals surface area (Å²) in [5.74, 6) is 0.765. The van der Waals surface area contributed by atoms with Gasteiger partial charge >= 0.3 is 0 Å². The molecular weight excluding hydrogens is 328 g/mol. The maximum atomic E-state index is 5.58. The van der Waals surface area contributed by atoms with E-state index in [2.05, 4.69) is 20.6 Å². The van der Waals surface area contributed by atoms with E-state index in [1.807, 2.05) is 48.7 Å². The van der Waals surface area contributed by atoms with Crippen molar-refractivity contribution in [2.75, 3.05) is 6.61 Å². The average molecular weight is 346 g/mol. The zero-order valence-electron chi connectivity index (χ0n) is 13.0. The van der Waals surface area contributed by atoms with Gasteiger partial charge in [-0.2, -0.15) is 0 Å². The van der Waals surface area contributed by atoms with Gasteiger partial charge in [0, 0.05) is 23.4 Å². The van der Waals surface area contributed by atoms with Gasteiger partial charge in [-0.15, -0.1) is 21.5 Å². The fourth-order valence-corrected chi connectivity index (χ4v) is 3.87. The largest absolute Gasteiger partial charge is 0.372 e. The Hall–Kier alpha value is -1.70. The Labute approximate surface area is 143 Å². The van der Waals surface area contributed by atoms with Gasteiger partial charge in [0.15, 0.2) is 5.16 Å². The number of rotatable bonds is 7. The van der Waals surface area contributed by atoms with E-state index in [1.54, 1.807) is 29.4 Å². The maximum absolute atomic E-state index is 5.58. The number of hydrogen-bond acceptors (Lipinski definition) is 6. The van der Waals surface area contributed by atoms with Gasteiger partial charge in [-0.1, -0.05) is 30.0 Å². The number of benzene rings is 1. The number of para-hydroxylation sites is 1. The van der Waals surface area contributed by atoms with Crippen molar-refractivity contribution in [3.8, 4) is 5.69 Å². The molecule has 0 radical (unpaired) electrons. The number of thioether (sulfide) groups is 1. The fraction of sp³-hybridized carbons (Fsp3) is 0.312. The fourth-order valence-electron chi connectivity index (χ4n) is 2.12. The molecule has 0 aliphatic carbocycles. The van der Waals surface area contributed by atoms with Gasteiger partial charge in [0.2, 0.25) is 0 Å². The Balaban J connectivity index is 1.67. The van der Waals surface area contributed by atoms with Crippen LogP contribution in [0.3, 0.4) is 0 Å². The van der Waals surface area contributed by atoms with Crippen molar-refractivity contribution in [1.29, 1.82) is 0 Å².